The summed E-state index contributed by atoms with van der Waals surface area (Å²) < 4.78 is 8.60. The van der Waals surface area contributed by atoms with Crippen LogP contribution in [-0.4, -0.2) is 14.5 Å². The molecule has 0 saturated carbocycles. The summed E-state index contributed by atoms with van der Waals surface area (Å²) in [4.78, 5) is 9.73. The average molecular weight is 821 g/mol. The standard InChI is InChI=1S/C45H27N3O.Pt/c1-28-19-22-44(47-26-28)48-42-18-5-4-15-35(42)36-21-20-32(24-43(36)48)49-31-12-6-11-30(23-31)41-25-39-38-17-8-10-29-9-7-16-37(45(29)38)33-13-2-3-14-34(33)40(39)27-46-41;/h2-22,25-27H,1H3;/q-2;+2. The van der Waals surface area contributed by atoms with Gasteiger partial charge in [0.15, 0.2) is 0 Å². The van der Waals surface area contributed by atoms with E-state index in [1.54, 1.807) is 0 Å². The van der Waals surface area contributed by atoms with Crippen molar-refractivity contribution in [1.82, 2.24) is 14.5 Å². The molecule has 6 aromatic carbocycles. The Morgan fingerprint density at radius 3 is 2.10 bits per heavy atom. The van der Waals surface area contributed by atoms with Gasteiger partial charge in [-0.1, -0.05) is 103 Å². The maximum Gasteiger partial charge on any atom is 2.00 e. The van der Waals surface area contributed by atoms with Gasteiger partial charge in [-0.2, -0.15) is 6.07 Å². The van der Waals surface area contributed by atoms with Crippen LogP contribution in [0, 0.1) is 19.1 Å². The van der Waals surface area contributed by atoms with Gasteiger partial charge in [0.2, 0.25) is 0 Å². The second-order valence-electron chi connectivity index (χ2n) is 12.5. The van der Waals surface area contributed by atoms with Crippen LogP contribution in [0.4, 0.5) is 0 Å². The molecule has 9 aromatic rings. The van der Waals surface area contributed by atoms with Crippen molar-refractivity contribution in [2.24, 2.45) is 0 Å². The predicted molar refractivity (Wildman–Crippen MR) is 198 cm³/mol. The first-order chi connectivity index (χ1) is 24.2. The molecule has 0 N–H and O–H groups in total. The normalized spacial score (nSPS) is 11.5. The Hall–Kier alpha value is -5.83. The predicted octanol–water partition coefficient (Wildman–Crippen LogP) is 11.4. The number of aryl methyl sites for hydroxylation is 1. The molecule has 0 unspecified atom stereocenters. The summed E-state index contributed by atoms with van der Waals surface area (Å²) in [6, 6.07) is 53.5. The van der Waals surface area contributed by atoms with Crippen LogP contribution >= 0.6 is 0 Å². The molecule has 3 heterocycles. The zero-order valence-electron chi connectivity index (χ0n) is 26.9. The largest absolute Gasteiger partial charge is 2.00 e. The minimum atomic E-state index is 0. The summed E-state index contributed by atoms with van der Waals surface area (Å²) in [6.07, 6.45) is 3.90. The van der Waals surface area contributed by atoms with Gasteiger partial charge in [-0.3, -0.25) is 0 Å². The molecule has 238 valence electrons. The Bertz CT molecular complexity index is 2760. The van der Waals surface area contributed by atoms with Gasteiger partial charge in [0.25, 0.3) is 0 Å². The molecule has 0 amide bonds. The number of hydrogen-bond acceptors (Lipinski definition) is 3. The smallest absolute Gasteiger partial charge is 0.503 e. The summed E-state index contributed by atoms with van der Waals surface area (Å²) in [5.74, 6) is 2.04. The van der Waals surface area contributed by atoms with Crippen molar-refractivity contribution in [3.8, 4) is 62.0 Å². The first-order valence-electron chi connectivity index (χ1n) is 16.4. The Balaban J connectivity index is 0.00000336. The summed E-state index contributed by atoms with van der Waals surface area (Å²) >= 11 is 0. The second kappa shape index (κ2) is 11.9. The van der Waals surface area contributed by atoms with Crippen LogP contribution in [0.3, 0.4) is 0 Å². The van der Waals surface area contributed by atoms with Crippen molar-refractivity contribution in [2.45, 2.75) is 6.92 Å². The molecule has 1 aliphatic carbocycles. The Kier molecular flexibility index (Phi) is 7.22. The molecule has 0 radical (unpaired) electrons. The van der Waals surface area contributed by atoms with E-state index in [1.165, 1.54) is 33.0 Å². The molecule has 0 aliphatic heterocycles. The minimum absolute atomic E-state index is 0. The number of hydrogen-bond donors (Lipinski definition) is 0. The monoisotopic (exact) mass is 820 g/mol. The molecule has 1 aliphatic rings. The van der Waals surface area contributed by atoms with Crippen LogP contribution < -0.4 is 4.74 Å². The van der Waals surface area contributed by atoms with Crippen LogP contribution in [0.1, 0.15) is 5.56 Å². The third-order valence-corrected chi connectivity index (χ3v) is 9.55. The van der Waals surface area contributed by atoms with E-state index in [0.717, 1.165) is 55.6 Å². The van der Waals surface area contributed by atoms with Crippen molar-refractivity contribution < 1.29 is 25.8 Å². The van der Waals surface area contributed by atoms with Gasteiger partial charge in [-0.15, -0.1) is 41.3 Å². The van der Waals surface area contributed by atoms with Gasteiger partial charge in [-0.25, -0.2) is 4.98 Å². The molecule has 10 rings (SSSR count). The van der Waals surface area contributed by atoms with Gasteiger partial charge in [0.1, 0.15) is 5.82 Å². The third-order valence-electron chi connectivity index (χ3n) is 9.55. The van der Waals surface area contributed by atoms with Crippen LogP contribution in [0.15, 0.2) is 146 Å². The van der Waals surface area contributed by atoms with Gasteiger partial charge < -0.3 is 14.3 Å². The van der Waals surface area contributed by atoms with E-state index < -0.39 is 0 Å². The number of fused-ring (bicyclic) bond motifs is 8. The van der Waals surface area contributed by atoms with Gasteiger partial charge >= 0.3 is 21.1 Å². The van der Waals surface area contributed by atoms with Crippen molar-refractivity contribution in [3.63, 3.8) is 0 Å². The molecule has 3 aromatic heterocycles. The quantitative estimate of drug-likeness (QED) is 0.166. The number of pyridine rings is 2. The fourth-order valence-electron chi connectivity index (χ4n) is 7.32. The van der Waals surface area contributed by atoms with Crippen molar-refractivity contribution in [2.75, 3.05) is 0 Å². The summed E-state index contributed by atoms with van der Waals surface area (Å²) in [7, 11) is 0. The first-order valence-corrected chi connectivity index (χ1v) is 16.4. The third kappa shape index (κ3) is 4.79. The van der Waals surface area contributed by atoms with E-state index in [1.807, 2.05) is 49.6 Å². The molecule has 5 heteroatoms. The van der Waals surface area contributed by atoms with Crippen LogP contribution in [0.25, 0.3) is 83.0 Å². The number of aromatic nitrogens is 3. The molecular formula is C45H27N3OPt. The van der Waals surface area contributed by atoms with E-state index in [2.05, 4.69) is 120 Å². The van der Waals surface area contributed by atoms with E-state index in [9.17, 15) is 0 Å². The average Bonchev–Trinajstić information content (AvgIpc) is 3.42. The van der Waals surface area contributed by atoms with E-state index in [-0.39, 0.29) is 21.1 Å². The van der Waals surface area contributed by atoms with Crippen LogP contribution in [0.2, 0.25) is 0 Å². The Morgan fingerprint density at radius 2 is 1.28 bits per heavy atom. The zero-order valence-corrected chi connectivity index (χ0v) is 29.2. The molecule has 0 spiro atoms. The molecule has 0 atom stereocenters. The first kappa shape index (κ1) is 30.2. The molecule has 0 saturated heterocycles. The van der Waals surface area contributed by atoms with Gasteiger partial charge in [-0.05, 0) is 74.3 Å². The van der Waals surface area contributed by atoms with E-state index in [4.69, 9.17) is 14.7 Å². The van der Waals surface area contributed by atoms with Crippen LogP contribution in [-0.2, 0) is 21.1 Å². The summed E-state index contributed by atoms with van der Waals surface area (Å²) in [5, 5.41) is 4.73. The van der Waals surface area contributed by atoms with Gasteiger partial charge in [0, 0.05) is 35.0 Å². The minimum Gasteiger partial charge on any atom is -0.503 e. The maximum atomic E-state index is 6.45. The van der Waals surface area contributed by atoms with E-state index in [0.29, 0.717) is 11.5 Å². The SMILES string of the molecule is Cc1ccc(-n2c3[c-]c(Oc4[c-]c(-c5cc6c(cn5)-c5ccccc5-c5cccc7cccc-6c57)ccc4)ccc3c3ccccc32)nc1.[Pt+2]. The molecular weight excluding hydrogens is 794 g/mol. The number of rotatable bonds is 4. The fourth-order valence-corrected chi connectivity index (χ4v) is 7.32. The summed E-state index contributed by atoms with van der Waals surface area (Å²) in [6.45, 7) is 2.05. The van der Waals surface area contributed by atoms with Crippen molar-refractivity contribution in [3.05, 3.63) is 164 Å². The summed E-state index contributed by atoms with van der Waals surface area (Å²) in [5.41, 5.74) is 11.9. The number of nitrogens with zero attached hydrogens (tertiary/aromatic N) is 3. The fraction of sp³-hybridized carbons (Fsp3) is 0.0222. The Morgan fingerprint density at radius 1 is 0.560 bits per heavy atom. The molecule has 4 nitrogen and oxygen atoms in total. The van der Waals surface area contributed by atoms with Crippen molar-refractivity contribution in [1.29, 1.82) is 0 Å². The molecule has 50 heavy (non-hydrogen) atoms. The molecule has 0 bridgehead atoms. The van der Waals surface area contributed by atoms with Crippen molar-refractivity contribution >= 4 is 32.6 Å². The van der Waals surface area contributed by atoms with Gasteiger partial charge in [0.05, 0.1) is 0 Å². The van der Waals surface area contributed by atoms with Crippen LogP contribution in [0.5, 0.6) is 11.5 Å². The topological polar surface area (TPSA) is 39.9 Å². The molecule has 0 fully saturated rings. The second-order valence-corrected chi connectivity index (χ2v) is 12.5. The number of ether oxygens (including phenoxy) is 1. The zero-order chi connectivity index (χ0) is 32.5. The Labute approximate surface area is 303 Å². The number of benzene rings is 6. The van der Waals surface area contributed by atoms with E-state index >= 15 is 0 Å². The number of para-hydroxylation sites is 1. The maximum absolute atomic E-state index is 6.45.